The molecule has 0 radical (unpaired) electrons. The van der Waals surface area contributed by atoms with Crippen LogP contribution in [0.4, 0.5) is 5.69 Å². The summed E-state index contributed by atoms with van der Waals surface area (Å²) in [6.45, 7) is 1.25. The average molecular weight is 396 g/mol. The minimum Gasteiger partial charge on any atom is -0.349 e. The third-order valence-corrected chi connectivity index (χ3v) is 7.80. The molecule has 0 amide bonds. The SMILES string of the molecule is CN(C(=S)Nc1ccc(S(=O)(=O)N2CCCCC2)cc1)C1CCCCC1. The molecule has 2 fully saturated rings. The van der Waals surface area contributed by atoms with E-state index in [1.165, 1.54) is 32.1 Å². The Morgan fingerprint density at radius 3 is 2.23 bits per heavy atom. The van der Waals surface area contributed by atoms with Gasteiger partial charge in [-0.15, -0.1) is 0 Å². The van der Waals surface area contributed by atoms with Gasteiger partial charge >= 0.3 is 0 Å². The first kappa shape index (κ1) is 19.6. The van der Waals surface area contributed by atoms with Gasteiger partial charge in [-0.3, -0.25) is 0 Å². The van der Waals surface area contributed by atoms with Gasteiger partial charge in [-0.05, 0) is 62.2 Å². The fourth-order valence-corrected chi connectivity index (χ4v) is 5.59. The van der Waals surface area contributed by atoms with E-state index in [2.05, 4.69) is 10.2 Å². The molecule has 1 aromatic rings. The summed E-state index contributed by atoms with van der Waals surface area (Å²) in [5.74, 6) is 0. The van der Waals surface area contributed by atoms with Crippen LogP contribution in [0.25, 0.3) is 0 Å². The fraction of sp³-hybridized carbons (Fsp3) is 0.632. The van der Waals surface area contributed by atoms with Crippen LogP contribution in [0, 0.1) is 0 Å². The monoisotopic (exact) mass is 395 g/mol. The van der Waals surface area contributed by atoms with Crippen LogP contribution in [0.5, 0.6) is 0 Å². The van der Waals surface area contributed by atoms with Gasteiger partial charge < -0.3 is 10.2 Å². The summed E-state index contributed by atoms with van der Waals surface area (Å²) in [4.78, 5) is 2.50. The van der Waals surface area contributed by atoms with Crippen molar-refractivity contribution in [2.24, 2.45) is 0 Å². The van der Waals surface area contributed by atoms with E-state index in [9.17, 15) is 8.42 Å². The number of nitrogens with zero attached hydrogens (tertiary/aromatic N) is 2. The third-order valence-electron chi connectivity index (χ3n) is 5.50. The summed E-state index contributed by atoms with van der Waals surface area (Å²) < 4.78 is 27.0. The first-order chi connectivity index (χ1) is 12.5. The maximum Gasteiger partial charge on any atom is 0.243 e. The molecule has 7 heteroatoms. The van der Waals surface area contributed by atoms with Gasteiger partial charge in [0, 0.05) is 31.9 Å². The molecular formula is C19H29N3O2S2. The second-order valence-electron chi connectivity index (χ2n) is 7.32. The van der Waals surface area contributed by atoms with Crippen LogP contribution >= 0.6 is 12.2 Å². The molecule has 1 aromatic carbocycles. The minimum atomic E-state index is -3.38. The number of nitrogens with one attached hydrogen (secondary N) is 1. The Balaban J connectivity index is 1.62. The lowest BCUT2D eigenvalue weighted by molar-refractivity contribution is 0.281. The van der Waals surface area contributed by atoms with Crippen molar-refractivity contribution in [1.29, 1.82) is 0 Å². The molecule has 144 valence electrons. The Hall–Kier alpha value is -1.18. The van der Waals surface area contributed by atoms with E-state index >= 15 is 0 Å². The van der Waals surface area contributed by atoms with Gasteiger partial charge in [0.25, 0.3) is 0 Å². The highest BCUT2D eigenvalue weighted by Gasteiger charge is 2.26. The summed E-state index contributed by atoms with van der Waals surface area (Å²) in [7, 11) is -1.34. The van der Waals surface area contributed by atoms with E-state index in [0.29, 0.717) is 29.1 Å². The van der Waals surface area contributed by atoms with E-state index in [4.69, 9.17) is 12.2 Å². The molecular weight excluding hydrogens is 366 g/mol. The topological polar surface area (TPSA) is 52.7 Å². The summed E-state index contributed by atoms with van der Waals surface area (Å²) in [5, 5.41) is 3.94. The Morgan fingerprint density at radius 1 is 1.04 bits per heavy atom. The number of anilines is 1. The number of rotatable bonds is 4. The highest BCUT2D eigenvalue weighted by molar-refractivity contribution is 7.89. The van der Waals surface area contributed by atoms with Crippen LogP contribution in [-0.2, 0) is 10.0 Å². The second kappa shape index (κ2) is 8.67. The van der Waals surface area contributed by atoms with E-state index in [1.54, 1.807) is 28.6 Å². The smallest absolute Gasteiger partial charge is 0.243 e. The normalized spacial score (nSPS) is 19.9. The van der Waals surface area contributed by atoms with Gasteiger partial charge in [-0.1, -0.05) is 25.7 Å². The zero-order valence-electron chi connectivity index (χ0n) is 15.5. The van der Waals surface area contributed by atoms with Gasteiger partial charge in [0.1, 0.15) is 0 Å². The molecule has 26 heavy (non-hydrogen) atoms. The van der Waals surface area contributed by atoms with Crippen LogP contribution < -0.4 is 5.32 Å². The van der Waals surface area contributed by atoms with Gasteiger partial charge in [-0.25, -0.2) is 8.42 Å². The van der Waals surface area contributed by atoms with E-state index in [0.717, 1.165) is 24.9 Å². The molecule has 3 rings (SSSR count). The van der Waals surface area contributed by atoms with Crippen molar-refractivity contribution in [3.05, 3.63) is 24.3 Å². The summed E-state index contributed by atoms with van der Waals surface area (Å²) in [6.07, 6.45) is 9.22. The zero-order valence-corrected chi connectivity index (χ0v) is 17.1. The van der Waals surface area contributed by atoms with Gasteiger partial charge in [0.2, 0.25) is 10.0 Å². The first-order valence-corrected chi connectivity index (χ1v) is 11.5. The van der Waals surface area contributed by atoms with Crippen LogP contribution in [0.1, 0.15) is 51.4 Å². The van der Waals surface area contributed by atoms with Gasteiger partial charge in [0.05, 0.1) is 4.90 Å². The molecule has 0 unspecified atom stereocenters. The molecule has 1 aliphatic heterocycles. The highest BCUT2D eigenvalue weighted by Crippen LogP contribution is 2.24. The Labute approximate surface area is 162 Å². The molecule has 0 atom stereocenters. The van der Waals surface area contributed by atoms with E-state index < -0.39 is 10.0 Å². The number of sulfonamides is 1. The lowest BCUT2D eigenvalue weighted by Crippen LogP contribution is -2.40. The first-order valence-electron chi connectivity index (χ1n) is 9.62. The molecule has 2 aliphatic rings. The molecule has 0 aromatic heterocycles. The lowest BCUT2D eigenvalue weighted by Gasteiger charge is -2.33. The van der Waals surface area contributed by atoms with Crippen LogP contribution in [0.15, 0.2) is 29.2 Å². The summed E-state index contributed by atoms with van der Waals surface area (Å²) >= 11 is 5.54. The quantitative estimate of drug-likeness (QED) is 0.786. The molecule has 1 saturated carbocycles. The fourth-order valence-electron chi connectivity index (χ4n) is 3.81. The summed E-state index contributed by atoms with van der Waals surface area (Å²) in [5.41, 5.74) is 0.829. The second-order valence-corrected chi connectivity index (χ2v) is 9.65. The molecule has 5 nitrogen and oxygen atoms in total. The maximum atomic E-state index is 12.7. The van der Waals surface area contributed by atoms with Gasteiger partial charge in [0.15, 0.2) is 5.11 Å². The van der Waals surface area contributed by atoms with Crippen molar-refractivity contribution in [2.75, 3.05) is 25.5 Å². The van der Waals surface area contributed by atoms with Gasteiger partial charge in [-0.2, -0.15) is 4.31 Å². The summed E-state index contributed by atoms with van der Waals surface area (Å²) in [6, 6.07) is 7.46. The van der Waals surface area contributed by atoms with Crippen molar-refractivity contribution in [3.8, 4) is 0 Å². The molecule has 0 spiro atoms. The van der Waals surface area contributed by atoms with Crippen LogP contribution in [0.2, 0.25) is 0 Å². The predicted octanol–water partition coefficient (Wildman–Crippen LogP) is 3.82. The number of thiocarbonyl (C=S) groups is 1. The average Bonchev–Trinajstić information content (AvgIpc) is 2.69. The standard InChI is InChI=1S/C19H29N3O2S2/c1-21(17-8-4-2-5-9-17)19(25)20-16-10-12-18(13-11-16)26(23,24)22-14-6-3-7-15-22/h10-13,17H,2-9,14-15H2,1H3,(H,20,25). The molecule has 1 heterocycles. The van der Waals surface area contributed by atoms with Crippen molar-refractivity contribution >= 4 is 33.0 Å². The van der Waals surface area contributed by atoms with Crippen molar-refractivity contribution in [3.63, 3.8) is 0 Å². The minimum absolute atomic E-state index is 0.358. The number of hydrogen-bond donors (Lipinski definition) is 1. The lowest BCUT2D eigenvalue weighted by atomic mass is 9.95. The van der Waals surface area contributed by atoms with Crippen LogP contribution in [0.3, 0.4) is 0 Å². The Kier molecular flexibility index (Phi) is 6.53. The van der Waals surface area contributed by atoms with E-state index in [-0.39, 0.29) is 0 Å². The number of piperidine rings is 1. The number of benzene rings is 1. The number of hydrogen-bond acceptors (Lipinski definition) is 3. The van der Waals surface area contributed by atoms with E-state index in [1.807, 2.05) is 7.05 Å². The zero-order chi connectivity index (χ0) is 18.6. The molecule has 1 aliphatic carbocycles. The largest absolute Gasteiger partial charge is 0.349 e. The predicted molar refractivity (Wildman–Crippen MR) is 110 cm³/mol. The maximum absolute atomic E-state index is 12.7. The Morgan fingerprint density at radius 2 is 1.62 bits per heavy atom. The molecule has 1 N–H and O–H groups in total. The van der Waals surface area contributed by atoms with Crippen LogP contribution in [-0.4, -0.2) is 48.9 Å². The molecule has 1 saturated heterocycles. The Bertz CT molecular complexity index is 707. The third kappa shape index (κ3) is 4.56. The highest BCUT2D eigenvalue weighted by atomic mass is 32.2. The van der Waals surface area contributed by atoms with Crippen molar-refractivity contribution in [2.45, 2.75) is 62.3 Å². The van der Waals surface area contributed by atoms with Crippen molar-refractivity contribution < 1.29 is 8.42 Å². The molecule has 0 bridgehead atoms. The van der Waals surface area contributed by atoms with Crippen molar-refractivity contribution in [1.82, 2.24) is 9.21 Å².